The molecule has 1 aliphatic rings. The molecule has 1 aromatic rings. The topological polar surface area (TPSA) is 33.0 Å². The first-order valence-electron chi connectivity index (χ1n) is 5.46. The van der Waals surface area contributed by atoms with Crippen molar-refractivity contribution in [2.75, 3.05) is 6.61 Å². The molecule has 0 saturated carbocycles. The molecule has 0 aliphatic heterocycles. The van der Waals surface area contributed by atoms with Gasteiger partial charge in [0, 0.05) is 12.2 Å². The van der Waals surface area contributed by atoms with E-state index >= 15 is 0 Å². The van der Waals surface area contributed by atoms with Gasteiger partial charge in [0.2, 0.25) is 0 Å². The van der Waals surface area contributed by atoms with Crippen LogP contribution in [0.4, 0.5) is 0 Å². The predicted molar refractivity (Wildman–Crippen MR) is 58.3 cm³/mol. The maximum atomic E-state index is 9.34. The van der Waals surface area contributed by atoms with E-state index in [2.05, 4.69) is 12.1 Å². The summed E-state index contributed by atoms with van der Waals surface area (Å²) in [6, 6.07) is 10.5. The second-order valence-corrected chi connectivity index (χ2v) is 3.88. The van der Waals surface area contributed by atoms with Gasteiger partial charge in [-0.15, -0.1) is 0 Å². The lowest BCUT2D eigenvalue weighted by Gasteiger charge is -2.32. The summed E-state index contributed by atoms with van der Waals surface area (Å²) in [5.41, 5.74) is 1.64. The van der Waals surface area contributed by atoms with Gasteiger partial charge in [-0.05, 0) is 31.7 Å². The summed E-state index contributed by atoms with van der Waals surface area (Å²) in [6.45, 7) is 2.53. The lowest BCUT2D eigenvalue weighted by atomic mass is 9.80. The standard InChI is InChI=1S/C13H15NO/c1-2-15-13(10-14)9-5-7-11-6-3-4-8-12(11)13/h3-4,6,8H,2,5,7,9H2,1H3. The Bertz CT molecular complexity index is 394. The maximum absolute atomic E-state index is 9.34. The van der Waals surface area contributed by atoms with Crippen LogP contribution >= 0.6 is 0 Å². The number of benzene rings is 1. The Morgan fingerprint density at radius 3 is 3.00 bits per heavy atom. The zero-order valence-corrected chi connectivity index (χ0v) is 8.99. The van der Waals surface area contributed by atoms with Crippen molar-refractivity contribution in [1.29, 1.82) is 5.26 Å². The van der Waals surface area contributed by atoms with Crippen molar-refractivity contribution in [2.45, 2.75) is 31.8 Å². The molecular formula is C13H15NO. The summed E-state index contributed by atoms with van der Waals surface area (Å²) in [5.74, 6) is 0. The van der Waals surface area contributed by atoms with Crippen LogP contribution in [0.2, 0.25) is 0 Å². The molecule has 2 nitrogen and oxygen atoms in total. The molecule has 2 heteroatoms. The lowest BCUT2D eigenvalue weighted by molar-refractivity contribution is -0.0110. The van der Waals surface area contributed by atoms with Crippen LogP contribution in [0.5, 0.6) is 0 Å². The van der Waals surface area contributed by atoms with E-state index in [-0.39, 0.29) is 0 Å². The van der Waals surface area contributed by atoms with E-state index in [4.69, 9.17) is 4.74 Å². The fourth-order valence-electron chi connectivity index (χ4n) is 2.34. The normalized spacial score (nSPS) is 24.3. The highest BCUT2D eigenvalue weighted by Crippen LogP contribution is 2.37. The van der Waals surface area contributed by atoms with Crippen LogP contribution < -0.4 is 0 Å². The van der Waals surface area contributed by atoms with Crippen LogP contribution in [0.25, 0.3) is 0 Å². The summed E-state index contributed by atoms with van der Waals surface area (Å²) in [6.07, 6.45) is 2.91. The second-order valence-electron chi connectivity index (χ2n) is 3.88. The summed E-state index contributed by atoms with van der Waals surface area (Å²) >= 11 is 0. The van der Waals surface area contributed by atoms with Gasteiger partial charge in [0.15, 0.2) is 5.60 Å². The second kappa shape index (κ2) is 4.04. The number of fused-ring (bicyclic) bond motifs is 1. The monoisotopic (exact) mass is 201 g/mol. The van der Waals surface area contributed by atoms with Crippen LogP contribution in [0, 0.1) is 11.3 Å². The van der Waals surface area contributed by atoms with E-state index in [1.807, 2.05) is 25.1 Å². The van der Waals surface area contributed by atoms with Crippen molar-refractivity contribution in [3.8, 4) is 6.07 Å². The molecule has 0 fully saturated rings. The number of ether oxygens (including phenoxy) is 1. The molecule has 1 aromatic carbocycles. The van der Waals surface area contributed by atoms with Crippen LogP contribution in [0.3, 0.4) is 0 Å². The van der Waals surface area contributed by atoms with Gasteiger partial charge in [-0.25, -0.2) is 0 Å². The molecule has 1 aliphatic carbocycles. The summed E-state index contributed by atoms with van der Waals surface area (Å²) < 4.78 is 5.68. The molecule has 2 rings (SSSR count). The van der Waals surface area contributed by atoms with Crippen LogP contribution in [0.15, 0.2) is 24.3 Å². The molecule has 0 heterocycles. The first-order valence-corrected chi connectivity index (χ1v) is 5.46. The summed E-state index contributed by atoms with van der Waals surface area (Å²) in [4.78, 5) is 0. The third kappa shape index (κ3) is 1.64. The van der Waals surface area contributed by atoms with Crippen molar-refractivity contribution >= 4 is 0 Å². The van der Waals surface area contributed by atoms with Gasteiger partial charge in [-0.3, -0.25) is 0 Å². The van der Waals surface area contributed by atoms with Crippen molar-refractivity contribution in [3.63, 3.8) is 0 Å². The Balaban J connectivity index is 2.48. The SMILES string of the molecule is CCOC1(C#N)CCCc2ccccc21. The van der Waals surface area contributed by atoms with E-state index in [1.54, 1.807) is 0 Å². The predicted octanol–water partition coefficient (Wildman–Crippen LogP) is 2.78. The zero-order valence-electron chi connectivity index (χ0n) is 8.99. The Morgan fingerprint density at radius 2 is 2.27 bits per heavy atom. The Kier molecular flexibility index (Phi) is 2.75. The number of rotatable bonds is 2. The third-order valence-electron chi connectivity index (χ3n) is 3.00. The quantitative estimate of drug-likeness (QED) is 0.737. The van der Waals surface area contributed by atoms with E-state index in [1.165, 1.54) is 5.56 Å². The van der Waals surface area contributed by atoms with Crippen LogP contribution in [-0.4, -0.2) is 6.61 Å². The maximum Gasteiger partial charge on any atom is 0.179 e. The molecule has 1 unspecified atom stereocenters. The van der Waals surface area contributed by atoms with Gasteiger partial charge in [-0.2, -0.15) is 5.26 Å². The first-order chi connectivity index (χ1) is 7.32. The van der Waals surface area contributed by atoms with Gasteiger partial charge in [0.05, 0.1) is 0 Å². The van der Waals surface area contributed by atoms with Gasteiger partial charge in [0.1, 0.15) is 6.07 Å². The third-order valence-corrected chi connectivity index (χ3v) is 3.00. The molecule has 0 radical (unpaired) electrons. The Hall–Kier alpha value is -1.33. The van der Waals surface area contributed by atoms with Crippen molar-refractivity contribution in [1.82, 2.24) is 0 Å². The fourth-order valence-corrected chi connectivity index (χ4v) is 2.34. The molecule has 0 N–H and O–H groups in total. The molecule has 0 amide bonds. The number of nitriles is 1. The number of aryl methyl sites for hydroxylation is 1. The van der Waals surface area contributed by atoms with Crippen LogP contribution in [0.1, 0.15) is 30.9 Å². The molecule has 0 aromatic heterocycles. The average molecular weight is 201 g/mol. The highest BCUT2D eigenvalue weighted by Gasteiger charge is 2.37. The van der Waals surface area contributed by atoms with Gasteiger partial charge >= 0.3 is 0 Å². The number of hydrogen-bond donors (Lipinski definition) is 0. The van der Waals surface area contributed by atoms with Crippen molar-refractivity contribution < 1.29 is 4.74 Å². The fraction of sp³-hybridized carbons (Fsp3) is 0.462. The molecule has 0 spiro atoms. The Morgan fingerprint density at radius 1 is 1.47 bits per heavy atom. The zero-order chi connectivity index (χ0) is 10.7. The van der Waals surface area contributed by atoms with E-state index in [0.717, 1.165) is 24.8 Å². The summed E-state index contributed by atoms with van der Waals surface area (Å²) in [7, 11) is 0. The summed E-state index contributed by atoms with van der Waals surface area (Å²) in [5, 5.41) is 9.34. The Labute approximate surface area is 90.5 Å². The first kappa shape index (κ1) is 10.2. The molecule has 1 atom stereocenters. The lowest BCUT2D eigenvalue weighted by Crippen LogP contribution is -2.32. The smallest absolute Gasteiger partial charge is 0.179 e. The highest BCUT2D eigenvalue weighted by atomic mass is 16.5. The molecule has 0 saturated heterocycles. The minimum absolute atomic E-state index is 0.585. The van der Waals surface area contributed by atoms with Crippen molar-refractivity contribution in [2.24, 2.45) is 0 Å². The average Bonchev–Trinajstić information content (AvgIpc) is 2.30. The number of nitrogens with zero attached hydrogens (tertiary/aromatic N) is 1. The largest absolute Gasteiger partial charge is 0.356 e. The van der Waals surface area contributed by atoms with Crippen LogP contribution in [-0.2, 0) is 16.8 Å². The number of hydrogen-bond acceptors (Lipinski definition) is 2. The van der Waals surface area contributed by atoms with E-state index in [9.17, 15) is 5.26 Å². The van der Waals surface area contributed by atoms with Crippen molar-refractivity contribution in [3.05, 3.63) is 35.4 Å². The molecule has 0 bridgehead atoms. The van der Waals surface area contributed by atoms with Gasteiger partial charge < -0.3 is 4.74 Å². The molecular weight excluding hydrogens is 186 g/mol. The molecule has 78 valence electrons. The minimum atomic E-state index is -0.691. The van der Waals surface area contributed by atoms with E-state index in [0.29, 0.717) is 6.61 Å². The molecule has 15 heavy (non-hydrogen) atoms. The van der Waals surface area contributed by atoms with Gasteiger partial charge in [0.25, 0.3) is 0 Å². The minimum Gasteiger partial charge on any atom is -0.356 e. The van der Waals surface area contributed by atoms with Gasteiger partial charge in [-0.1, -0.05) is 24.3 Å². The highest BCUT2D eigenvalue weighted by molar-refractivity contribution is 5.39. The van der Waals surface area contributed by atoms with E-state index < -0.39 is 5.60 Å².